The topological polar surface area (TPSA) is 42.0 Å². The molecule has 1 aromatic carbocycles. The zero-order valence-corrected chi connectivity index (χ0v) is 13.7. The summed E-state index contributed by atoms with van der Waals surface area (Å²) in [6.07, 6.45) is 3.92. The average Bonchev–Trinajstić information content (AvgIpc) is 3.23. The van der Waals surface area contributed by atoms with Crippen LogP contribution < -0.4 is 5.32 Å². The van der Waals surface area contributed by atoms with Gasteiger partial charge in [0.1, 0.15) is 0 Å². The lowest BCUT2D eigenvalue weighted by molar-refractivity contribution is -0.121. The van der Waals surface area contributed by atoms with Gasteiger partial charge in [-0.2, -0.15) is 0 Å². The zero-order valence-electron chi connectivity index (χ0n) is 12.9. The molecule has 3 nitrogen and oxygen atoms in total. The van der Waals surface area contributed by atoms with Gasteiger partial charge in [-0.3, -0.25) is 4.79 Å². The van der Waals surface area contributed by atoms with Crippen LogP contribution in [0.25, 0.3) is 0 Å². The second kappa shape index (κ2) is 7.05. The molecule has 1 fully saturated rings. The van der Waals surface area contributed by atoms with Crippen LogP contribution in [-0.4, -0.2) is 17.4 Å². The lowest BCUT2D eigenvalue weighted by Gasteiger charge is -2.16. The molecule has 0 bridgehead atoms. The molecule has 116 valence electrons. The van der Waals surface area contributed by atoms with Crippen LogP contribution in [0.5, 0.6) is 0 Å². The SMILES string of the molecule is Cc1ccc(C(CC(=O)NCCc2cscn2)C2CC2)cc1. The molecule has 0 saturated heterocycles. The summed E-state index contributed by atoms with van der Waals surface area (Å²) in [5.74, 6) is 1.22. The molecule has 1 N–H and O–H groups in total. The predicted molar refractivity (Wildman–Crippen MR) is 90.1 cm³/mol. The van der Waals surface area contributed by atoms with Crippen molar-refractivity contribution < 1.29 is 4.79 Å². The standard InChI is InChI=1S/C18H22N2OS/c1-13-2-4-14(5-3-13)17(15-6-7-15)10-18(21)19-9-8-16-11-22-12-20-16/h2-5,11-12,15,17H,6-10H2,1H3,(H,19,21). The molecule has 1 saturated carbocycles. The van der Waals surface area contributed by atoms with Crippen LogP contribution in [-0.2, 0) is 11.2 Å². The molecule has 22 heavy (non-hydrogen) atoms. The Morgan fingerprint density at radius 2 is 2.14 bits per heavy atom. The minimum Gasteiger partial charge on any atom is -0.356 e. The summed E-state index contributed by atoms with van der Waals surface area (Å²) in [6, 6.07) is 8.65. The van der Waals surface area contributed by atoms with Crippen molar-refractivity contribution in [3.05, 3.63) is 52.0 Å². The number of benzene rings is 1. The molecule has 4 heteroatoms. The summed E-state index contributed by atoms with van der Waals surface area (Å²) in [5, 5.41) is 5.07. The van der Waals surface area contributed by atoms with Crippen LogP contribution in [0.4, 0.5) is 0 Å². The van der Waals surface area contributed by atoms with Gasteiger partial charge in [0.25, 0.3) is 0 Å². The Balaban J connectivity index is 1.52. The van der Waals surface area contributed by atoms with Gasteiger partial charge in [0.2, 0.25) is 5.91 Å². The van der Waals surface area contributed by atoms with Crippen LogP contribution in [0, 0.1) is 12.8 Å². The number of thiazole rings is 1. The number of aryl methyl sites for hydroxylation is 1. The fraction of sp³-hybridized carbons (Fsp3) is 0.444. The summed E-state index contributed by atoms with van der Waals surface area (Å²) in [6.45, 7) is 2.77. The first-order valence-corrected chi connectivity index (χ1v) is 8.87. The van der Waals surface area contributed by atoms with E-state index in [1.807, 2.05) is 10.9 Å². The maximum absolute atomic E-state index is 12.2. The van der Waals surface area contributed by atoms with E-state index in [1.165, 1.54) is 24.0 Å². The van der Waals surface area contributed by atoms with E-state index in [1.54, 1.807) is 11.3 Å². The summed E-state index contributed by atoms with van der Waals surface area (Å²) < 4.78 is 0. The number of aromatic nitrogens is 1. The van der Waals surface area contributed by atoms with Gasteiger partial charge in [0.15, 0.2) is 0 Å². The van der Waals surface area contributed by atoms with Crippen LogP contribution in [0.15, 0.2) is 35.2 Å². The van der Waals surface area contributed by atoms with Gasteiger partial charge in [-0.05, 0) is 37.2 Å². The normalized spacial score (nSPS) is 15.5. The summed E-state index contributed by atoms with van der Waals surface area (Å²) >= 11 is 1.60. The van der Waals surface area contributed by atoms with Crippen molar-refractivity contribution in [1.29, 1.82) is 0 Å². The molecule has 1 heterocycles. The number of carbonyl (C=O) groups excluding carboxylic acids is 1. The molecule has 1 unspecified atom stereocenters. The molecule has 0 radical (unpaired) electrons. The Morgan fingerprint density at radius 3 is 2.77 bits per heavy atom. The molecule has 1 atom stereocenters. The van der Waals surface area contributed by atoms with Gasteiger partial charge in [0, 0.05) is 24.8 Å². The highest BCUT2D eigenvalue weighted by Gasteiger charge is 2.33. The first kappa shape index (κ1) is 15.2. The minimum absolute atomic E-state index is 0.160. The molecule has 3 rings (SSSR count). The molecular weight excluding hydrogens is 292 g/mol. The Kier molecular flexibility index (Phi) is 4.88. The van der Waals surface area contributed by atoms with Gasteiger partial charge in [-0.25, -0.2) is 4.98 Å². The largest absolute Gasteiger partial charge is 0.356 e. The second-order valence-electron chi connectivity index (χ2n) is 6.14. The number of nitrogens with one attached hydrogen (secondary N) is 1. The zero-order chi connectivity index (χ0) is 15.4. The highest BCUT2D eigenvalue weighted by molar-refractivity contribution is 7.07. The fourth-order valence-electron chi connectivity index (χ4n) is 2.83. The van der Waals surface area contributed by atoms with Gasteiger partial charge >= 0.3 is 0 Å². The van der Waals surface area contributed by atoms with Crippen molar-refractivity contribution in [2.75, 3.05) is 6.54 Å². The van der Waals surface area contributed by atoms with Crippen molar-refractivity contribution in [3.63, 3.8) is 0 Å². The van der Waals surface area contributed by atoms with E-state index in [0.717, 1.165) is 12.1 Å². The molecular formula is C18H22N2OS. The van der Waals surface area contributed by atoms with Gasteiger partial charge in [-0.15, -0.1) is 11.3 Å². The minimum atomic E-state index is 0.160. The number of nitrogens with zero attached hydrogens (tertiary/aromatic N) is 1. The Hall–Kier alpha value is -1.68. The first-order chi connectivity index (χ1) is 10.7. The third kappa shape index (κ3) is 4.17. The van der Waals surface area contributed by atoms with E-state index in [0.29, 0.717) is 24.8 Å². The molecule has 1 aliphatic rings. The fourth-order valence-corrected chi connectivity index (χ4v) is 3.42. The highest BCUT2D eigenvalue weighted by Crippen LogP contribution is 2.44. The van der Waals surface area contributed by atoms with Gasteiger partial charge in [0.05, 0.1) is 11.2 Å². The molecule has 0 spiro atoms. The summed E-state index contributed by atoms with van der Waals surface area (Å²) in [7, 11) is 0. The second-order valence-corrected chi connectivity index (χ2v) is 6.86. The van der Waals surface area contributed by atoms with E-state index >= 15 is 0 Å². The highest BCUT2D eigenvalue weighted by atomic mass is 32.1. The quantitative estimate of drug-likeness (QED) is 0.847. The molecule has 2 aromatic rings. The van der Waals surface area contributed by atoms with E-state index in [9.17, 15) is 4.79 Å². The molecule has 1 aromatic heterocycles. The van der Waals surface area contributed by atoms with E-state index in [-0.39, 0.29) is 5.91 Å². The predicted octanol–water partition coefficient (Wildman–Crippen LogP) is 3.69. The maximum Gasteiger partial charge on any atom is 0.220 e. The number of hydrogen-bond acceptors (Lipinski definition) is 3. The van der Waals surface area contributed by atoms with E-state index in [4.69, 9.17) is 0 Å². The van der Waals surface area contributed by atoms with Crippen LogP contribution in [0.2, 0.25) is 0 Å². The monoisotopic (exact) mass is 314 g/mol. The van der Waals surface area contributed by atoms with Crippen LogP contribution in [0.1, 0.15) is 42.0 Å². The van der Waals surface area contributed by atoms with Crippen molar-refractivity contribution in [3.8, 4) is 0 Å². The summed E-state index contributed by atoms with van der Waals surface area (Å²) in [5.41, 5.74) is 5.47. The smallest absolute Gasteiger partial charge is 0.220 e. The molecule has 1 aliphatic carbocycles. The van der Waals surface area contributed by atoms with Crippen LogP contribution >= 0.6 is 11.3 Å². The number of hydrogen-bond donors (Lipinski definition) is 1. The Morgan fingerprint density at radius 1 is 1.36 bits per heavy atom. The molecule has 0 aliphatic heterocycles. The van der Waals surface area contributed by atoms with Crippen molar-refractivity contribution in [1.82, 2.24) is 10.3 Å². The van der Waals surface area contributed by atoms with E-state index < -0.39 is 0 Å². The maximum atomic E-state index is 12.2. The van der Waals surface area contributed by atoms with Crippen LogP contribution in [0.3, 0.4) is 0 Å². The number of rotatable bonds is 7. The number of amides is 1. The third-order valence-corrected chi connectivity index (χ3v) is 4.92. The van der Waals surface area contributed by atoms with Crippen molar-refractivity contribution in [2.24, 2.45) is 5.92 Å². The molecule has 1 amide bonds. The van der Waals surface area contributed by atoms with Crippen molar-refractivity contribution in [2.45, 2.75) is 38.5 Å². The van der Waals surface area contributed by atoms with Gasteiger partial charge < -0.3 is 5.32 Å². The third-order valence-electron chi connectivity index (χ3n) is 4.29. The lowest BCUT2D eigenvalue weighted by atomic mass is 9.90. The summed E-state index contributed by atoms with van der Waals surface area (Å²) in [4.78, 5) is 16.5. The van der Waals surface area contributed by atoms with E-state index in [2.05, 4.69) is 41.5 Å². The first-order valence-electron chi connectivity index (χ1n) is 7.92. The van der Waals surface area contributed by atoms with Crippen molar-refractivity contribution >= 4 is 17.2 Å². The Labute approximate surface area is 135 Å². The average molecular weight is 314 g/mol. The Bertz CT molecular complexity index is 603. The van der Waals surface area contributed by atoms with Gasteiger partial charge in [-0.1, -0.05) is 29.8 Å². The lowest BCUT2D eigenvalue weighted by Crippen LogP contribution is -2.27. The number of carbonyl (C=O) groups is 1.